The molecule has 0 atom stereocenters. The van der Waals surface area contributed by atoms with Crippen molar-refractivity contribution in [2.45, 2.75) is 6.10 Å². The van der Waals surface area contributed by atoms with Gasteiger partial charge in [0.05, 0.1) is 0 Å². The van der Waals surface area contributed by atoms with Crippen LogP contribution >= 0.6 is 7.81 Å². The van der Waals surface area contributed by atoms with Crippen molar-refractivity contribution in [1.82, 2.24) is 0 Å². The molecule has 0 amide bonds. The van der Waals surface area contributed by atoms with E-state index in [0.29, 0.717) is 0 Å². The SMILES string of the molecule is F[P-](F)(F)(F)(F)F.[SH2+]OC(c1ccccc1)c1ccccc1. The van der Waals surface area contributed by atoms with Gasteiger partial charge in [0.2, 0.25) is 0 Å². The van der Waals surface area contributed by atoms with Crippen molar-refractivity contribution < 1.29 is 29.4 Å². The first-order chi connectivity index (χ1) is 9.86. The third-order valence-corrected chi connectivity index (χ3v) is 2.56. The molecule has 0 unspecified atom stereocenters. The molecule has 0 fully saturated rings. The van der Waals surface area contributed by atoms with Gasteiger partial charge in [-0.1, -0.05) is 60.7 Å². The maximum atomic E-state index is 9.87. The summed E-state index contributed by atoms with van der Waals surface area (Å²) >= 11 is 3.14. The van der Waals surface area contributed by atoms with Gasteiger partial charge in [-0.15, -0.1) is 0 Å². The summed E-state index contributed by atoms with van der Waals surface area (Å²) in [7, 11) is -10.7. The van der Waals surface area contributed by atoms with Gasteiger partial charge in [0.1, 0.15) is 12.9 Å². The van der Waals surface area contributed by atoms with Gasteiger partial charge in [0.25, 0.3) is 0 Å². The average molecular weight is 362 g/mol. The third kappa shape index (κ3) is 9.65. The smallest absolute Gasteiger partial charge is 0.164 e. The Morgan fingerprint density at radius 1 is 0.682 bits per heavy atom. The molecular formula is C13H13F6OPS. The molecule has 0 aliphatic heterocycles. The zero-order chi connectivity index (χ0) is 16.9. The predicted octanol–water partition coefficient (Wildman–Crippen LogP) is 6.10. The Kier molecular flexibility index (Phi) is 5.22. The second-order valence-corrected chi connectivity index (χ2v) is 6.43. The molecule has 0 saturated carbocycles. The molecule has 124 valence electrons. The summed E-state index contributed by atoms with van der Waals surface area (Å²) in [6.45, 7) is 0. The van der Waals surface area contributed by atoms with Gasteiger partial charge in [0.15, 0.2) is 6.10 Å². The van der Waals surface area contributed by atoms with Gasteiger partial charge < -0.3 is 0 Å². The first-order valence-corrected chi connectivity index (χ1v) is 8.29. The Morgan fingerprint density at radius 2 is 0.955 bits per heavy atom. The standard InChI is InChI=1S/C13H12OS.F6P/c15-14-13(11-7-3-1-4-8-11)12-9-5-2-6-10-12;1-7(2,3,4,5)6/h1-10,13,15H;/q;-1/p+1. The summed E-state index contributed by atoms with van der Waals surface area (Å²) in [4.78, 5) is 0. The van der Waals surface area contributed by atoms with E-state index in [2.05, 4.69) is 37.2 Å². The molecule has 0 saturated heterocycles. The molecule has 0 aliphatic carbocycles. The van der Waals surface area contributed by atoms with Gasteiger partial charge >= 0.3 is 33.0 Å². The van der Waals surface area contributed by atoms with Crippen molar-refractivity contribution in [2.24, 2.45) is 0 Å². The Balaban J connectivity index is 0.000000295. The average Bonchev–Trinajstić information content (AvgIpc) is 2.38. The summed E-state index contributed by atoms with van der Waals surface area (Å²) in [6, 6.07) is 20.3. The molecule has 0 bridgehead atoms. The summed E-state index contributed by atoms with van der Waals surface area (Å²) < 4.78 is 64.5. The zero-order valence-corrected chi connectivity index (χ0v) is 12.9. The fourth-order valence-electron chi connectivity index (χ4n) is 1.58. The van der Waals surface area contributed by atoms with E-state index in [1.807, 2.05) is 36.4 Å². The van der Waals surface area contributed by atoms with Gasteiger partial charge in [-0.2, -0.15) is 4.18 Å². The van der Waals surface area contributed by atoms with Crippen LogP contribution in [0, 0.1) is 0 Å². The van der Waals surface area contributed by atoms with Crippen molar-refractivity contribution in [3.8, 4) is 0 Å². The molecule has 0 N–H and O–H groups in total. The molecule has 0 spiro atoms. The molecule has 1 nitrogen and oxygen atoms in total. The van der Waals surface area contributed by atoms with Crippen LogP contribution in [-0.4, -0.2) is 0 Å². The number of hydrogen-bond acceptors (Lipinski definition) is 1. The van der Waals surface area contributed by atoms with Crippen LogP contribution < -0.4 is 0 Å². The quantitative estimate of drug-likeness (QED) is 0.364. The van der Waals surface area contributed by atoms with E-state index in [9.17, 15) is 25.2 Å². The van der Waals surface area contributed by atoms with E-state index in [-0.39, 0.29) is 6.10 Å². The van der Waals surface area contributed by atoms with E-state index < -0.39 is 7.81 Å². The molecule has 9 heteroatoms. The van der Waals surface area contributed by atoms with E-state index >= 15 is 0 Å². The van der Waals surface area contributed by atoms with Gasteiger partial charge in [-0.25, -0.2) is 0 Å². The minimum absolute atomic E-state index is 0.0518. The van der Waals surface area contributed by atoms with Crippen LogP contribution in [0.4, 0.5) is 25.2 Å². The number of hydrogen-bond donors (Lipinski definition) is 0. The van der Waals surface area contributed by atoms with E-state index in [4.69, 9.17) is 4.18 Å². The second kappa shape index (κ2) is 6.10. The van der Waals surface area contributed by atoms with Crippen LogP contribution in [0.2, 0.25) is 0 Å². The monoisotopic (exact) mass is 362 g/mol. The topological polar surface area (TPSA) is 9.23 Å². The Hall–Kier alpha value is -1.24. The second-order valence-electron chi connectivity index (χ2n) is 4.28. The Labute approximate surface area is 128 Å². The maximum Gasteiger partial charge on any atom is 0.164 e. The molecule has 2 aromatic carbocycles. The van der Waals surface area contributed by atoms with Crippen LogP contribution in [-0.2, 0) is 17.1 Å². The molecule has 2 rings (SSSR count). The summed E-state index contributed by atoms with van der Waals surface area (Å²) in [5.74, 6) is 0. The summed E-state index contributed by atoms with van der Waals surface area (Å²) in [5.41, 5.74) is 2.28. The van der Waals surface area contributed by atoms with Crippen LogP contribution in [0.1, 0.15) is 17.2 Å². The molecule has 22 heavy (non-hydrogen) atoms. The molecule has 0 radical (unpaired) electrons. The Bertz CT molecular complexity index is 537. The number of rotatable bonds is 3. The van der Waals surface area contributed by atoms with Crippen LogP contribution in [0.25, 0.3) is 0 Å². The van der Waals surface area contributed by atoms with E-state index in [1.165, 1.54) is 0 Å². The van der Waals surface area contributed by atoms with Crippen LogP contribution in [0.5, 0.6) is 0 Å². The predicted molar refractivity (Wildman–Crippen MR) is 79.5 cm³/mol. The minimum Gasteiger partial charge on any atom is -0.166 e. The van der Waals surface area contributed by atoms with E-state index in [0.717, 1.165) is 11.1 Å². The molecule has 0 aliphatic rings. The number of halogens is 6. The Morgan fingerprint density at radius 3 is 1.18 bits per heavy atom. The maximum absolute atomic E-state index is 10.7. The fraction of sp³-hybridized carbons (Fsp3) is 0.0769. The minimum atomic E-state index is -10.7. The van der Waals surface area contributed by atoms with Crippen molar-refractivity contribution in [3.05, 3.63) is 71.8 Å². The summed E-state index contributed by atoms with van der Waals surface area (Å²) in [5, 5.41) is 0. The van der Waals surface area contributed by atoms with E-state index in [1.54, 1.807) is 0 Å². The molecule has 0 aromatic heterocycles. The normalized spacial score (nSPS) is 14.5. The first-order valence-electron chi connectivity index (χ1n) is 5.85. The van der Waals surface area contributed by atoms with Crippen LogP contribution in [0.3, 0.4) is 0 Å². The molecule has 0 heterocycles. The zero-order valence-electron chi connectivity index (χ0n) is 11.0. The molecular weight excluding hydrogens is 349 g/mol. The molecule has 2 aromatic rings. The third-order valence-electron chi connectivity index (χ3n) is 2.32. The van der Waals surface area contributed by atoms with Crippen molar-refractivity contribution in [3.63, 3.8) is 0 Å². The van der Waals surface area contributed by atoms with Crippen molar-refractivity contribution in [2.75, 3.05) is 0 Å². The van der Waals surface area contributed by atoms with Crippen molar-refractivity contribution >= 4 is 20.7 Å². The first kappa shape index (κ1) is 18.8. The fourth-order valence-corrected chi connectivity index (χ4v) is 1.86. The number of benzene rings is 2. The van der Waals surface area contributed by atoms with Crippen molar-refractivity contribution in [1.29, 1.82) is 0 Å². The van der Waals surface area contributed by atoms with Gasteiger partial charge in [-0.3, -0.25) is 0 Å². The van der Waals surface area contributed by atoms with Gasteiger partial charge in [-0.05, 0) is 11.1 Å². The van der Waals surface area contributed by atoms with Gasteiger partial charge in [0, 0.05) is 0 Å². The van der Waals surface area contributed by atoms with Crippen LogP contribution in [0.15, 0.2) is 60.7 Å². The largest absolute Gasteiger partial charge is 0.166 e. The summed E-state index contributed by atoms with van der Waals surface area (Å²) in [6.07, 6.45) is -0.0518.